The number of sulfonamides is 1. The number of pyridine rings is 2. The Bertz CT molecular complexity index is 1520. The number of rotatable bonds is 7. The van der Waals surface area contributed by atoms with E-state index in [1.165, 1.54) is 35.0 Å². The molecule has 0 saturated carbocycles. The van der Waals surface area contributed by atoms with Gasteiger partial charge in [-0.1, -0.05) is 11.6 Å². The smallest absolute Gasteiger partial charge is 0.333 e. The number of fused-ring (bicyclic) bond motifs is 1. The average molecular weight is 519 g/mol. The van der Waals surface area contributed by atoms with Gasteiger partial charge in [-0.25, -0.2) is 22.9 Å². The van der Waals surface area contributed by atoms with Crippen LogP contribution in [0.4, 0.5) is 16.2 Å². The fourth-order valence-corrected chi connectivity index (χ4v) is 5.52. The van der Waals surface area contributed by atoms with Gasteiger partial charge in [0.15, 0.2) is 0 Å². The first-order chi connectivity index (χ1) is 16.3. The first-order valence-electron chi connectivity index (χ1n) is 9.92. The van der Waals surface area contributed by atoms with Crippen LogP contribution >= 0.6 is 22.9 Å². The number of benzene rings is 1. The average Bonchev–Trinajstić information content (AvgIpc) is 3.25. The van der Waals surface area contributed by atoms with Crippen LogP contribution in [0.25, 0.3) is 16.6 Å². The third-order valence-corrected chi connectivity index (χ3v) is 7.72. The van der Waals surface area contributed by atoms with Crippen LogP contribution < -0.4 is 26.6 Å². The molecular formula is C21H19ClN6O4S2. The zero-order valence-electron chi connectivity index (χ0n) is 17.5. The lowest BCUT2D eigenvalue weighted by Crippen LogP contribution is -2.34. The molecule has 0 fully saturated rings. The zero-order chi connectivity index (χ0) is 24.3. The lowest BCUT2D eigenvalue weighted by molar-refractivity contribution is 0.256. The second-order valence-corrected chi connectivity index (χ2v) is 10.7. The van der Waals surface area contributed by atoms with Gasteiger partial charge in [-0.15, -0.1) is 11.3 Å². The van der Waals surface area contributed by atoms with Crippen LogP contribution in [0, 0.1) is 0 Å². The molecule has 4 aromatic rings. The largest absolute Gasteiger partial charge is 0.384 e. The van der Waals surface area contributed by atoms with E-state index in [9.17, 15) is 18.0 Å². The number of nitrogens with one attached hydrogen (secondary N) is 3. The van der Waals surface area contributed by atoms with Crippen molar-refractivity contribution in [1.29, 1.82) is 0 Å². The van der Waals surface area contributed by atoms with Crippen LogP contribution in [0.3, 0.4) is 0 Å². The lowest BCUT2D eigenvalue weighted by atomic mass is 10.1. The van der Waals surface area contributed by atoms with Gasteiger partial charge in [-0.3, -0.25) is 9.36 Å². The molecule has 10 nitrogen and oxygen atoms in total. The normalized spacial score (nSPS) is 11.4. The topological polar surface area (TPSA) is 148 Å². The molecule has 13 heteroatoms. The number of carbonyl (C=O) groups excluding carboxylic acids is 1. The summed E-state index contributed by atoms with van der Waals surface area (Å²) in [6.45, 7) is 1.12. The van der Waals surface area contributed by atoms with Gasteiger partial charge in [0.2, 0.25) is 0 Å². The maximum atomic E-state index is 12.9. The highest BCUT2D eigenvalue weighted by Crippen LogP contribution is 2.25. The van der Waals surface area contributed by atoms with Crippen molar-refractivity contribution >= 4 is 61.1 Å². The van der Waals surface area contributed by atoms with Gasteiger partial charge in [0.1, 0.15) is 10.0 Å². The molecular weight excluding hydrogens is 500 g/mol. The number of amides is 2. The van der Waals surface area contributed by atoms with Crippen LogP contribution in [-0.2, 0) is 10.0 Å². The van der Waals surface area contributed by atoms with Crippen LogP contribution in [-0.4, -0.2) is 37.1 Å². The number of aromatic nitrogens is 2. The number of hydrogen-bond donors (Lipinski definition) is 4. The Morgan fingerprint density at radius 3 is 2.59 bits per heavy atom. The molecule has 4 rings (SSSR count). The Morgan fingerprint density at radius 2 is 1.91 bits per heavy atom. The minimum Gasteiger partial charge on any atom is -0.384 e. The van der Waals surface area contributed by atoms with Crippen molar-refractivity contribution in [2.24, 2.45) is 5.73 Å². The molecule has 2 amide bonds. The fraction of sp³-hybridized carbons (Fsp3) is 0.0952. The van der Waals surface area contributed by atoms with E-state index in [0.717, 1.165) is 22.4 Å². The minimum atomic E-state index is -4.05. The second-order valence-electron chi connectivity index (χ2n) is 7.03. The predicted molar refractivity (Wildman–Crippen MR) is 134 cm³/mol. The van der Waals surface area contributed by atoms with Crippen molar-refractivity contribution in [2.45, 2.75) is 4.21 Å². The number of urea groups is 1. The molecule has 0 bridgehead atoms. The van der Waals surface area contributed by atoms with Crippen molar-refractivity contribution in [3.63, 3.8) is 0 Å². The molecule has 5 N–H and O–H groups in total. The van der Waals surface area contributed by atoms with Crippen molar-refractivity contribution in [1.82, 2.24) is 14.3 Å². The van der Waals surface area contributed by atoms with E-state index in [0.29, 0.717) is 24.3 Å². The molecule has 1 aromatic carbocycles. The van der Waals surface area contributed by atoms with E-state index >= 15 is 0 Å². The van der Waals surface area contributed by atoms with Crippen LogP contribution in [0.2, 0.25) is 4.34 Å². The number of anilines is 2. The fourth-order valence-electron chi connectivity index (χ4n) is 3.13. The highest BCUT2D eigenvalue weighted by atomic mass is 35.5. The number of nitrogens with zero attached hydrogens (tertiary/aromatic N) is 2. The molecule has 0 aliphatic heterocycles. The first kappa shape index (κ1) is 23.7. The summed E-state index contributed by atoms with van der Waals surface area (Å²) in [7, 11) is -4.05. The zero-order valence-corrected chi connectivity index (χ0v) is 19.9. The number of halogens is 1. The van der Waals surface area contributed by atoms with Crippen molar-refractivity contribution in [3.05, 3.63) is 75.6 Å². The van der Waals surface area contributed by atoms with E-state index < -0.39 is 16.1 Å². The Labute approximate surface area is 203 Å². The summed E-state index contributed by atoms with van der Waals surface area (Å²) in [4.78, 5) is 29.3. The van der Waals surface area contributed by atoms with Crippen LogP contribution in [0.5, 0.6) is 0 Å². The van der Waals surface area contributed by atoms with Crippen molar-refractivity contribution in [3.8, 4) is 5.82 Å². The summed E-state index contributed by atoms with van der Waals surface area (Å²) in [5.74, 6) is 0.337. The summed E-state index contributed by atoms with van der Waals surface area (Å²) in [6, 6.07) is 12.0. The third kappa shape index (κ3) is 5.20. The van der Waals surface area contributed by atoms with Gasteiger partial charge >= 0.3 is 6.03 Å². The molecule has 176 valence electrons. The number of hydrogen-bond acceptors (Lipinski definition) is 8. The molecule has 0 spiro atoms. The van der Waals surface area contributed by atoms with Gasteiger partial charge in [0.25, 0.3) is 15.6 Å². The Kier molecular flexibility index (Phi) is 6.84. The number of thiophene rings is 1. The van der Waals surface area contributed by atoms with Crippen LogP contribution in [0.15, 0.2) is 69.9 Å². The monoisotopic (exact) mass is 518 g/mol. The van der Waals surface area contributed by atoms with E-state index in [-0.39, 0.29) is 19.8 Å². The molecule has 3 heterocycles. The molecule has 0 saturated heterocycles. The molecule has 0 unspecified atom stereocenters. The quantitative estimate of drug-likeness (QED) is 0.294. The Hall–Kier alpha value is -3.45. The summed E-state index contributed by atoms with van der Waals surface area (Å²) >= 11 is 6.58. The van der Waals surface area contributed by atoms with Gasteiger partial charge in [0, 0.05) is 30.4 Å². The van der Waals surface area contributed by atoms with Gasteiger partial charge < -0.3 is 16.4 Å². The van der Waals surface area contributed by atoms with E-state index in [1.54, 1.807) is 24.4 Å². The van der Waals surface area contributed by atoms with E-state index in [4.69, 9.17) is 17.3 Å². The standard InChI is InChI=1S/C21H19ClN6O4S2/c22-17-4-6-19(33-17)34(31,32)27-21(30)26-15-2-5-18(25-12-15)28-10-7-13-11-14(24-9-8-23)1-3-16(13)20(28)29/h1-7,10-12,24H,8-9,23H2,(H2,26,27,30). The van der Waals surface area contributed by atoms with Gasteiger partial charge in [-0.2, -0.15) is 0 Å². The minimum absolute atomic E-state index is 0.0842. The Balaban J connectivity index is 1.49. The molecule has 0 aliphatic rings. The maximum absolute atomic E-state index is 12.9. The highest BCUT2D eigenvalue weighted by Gasteiger charge is 2.20. The number of carbonyl (C=O) groups is 1. The van der Waals surface area contributed by atoms with Gasteiger partial charge in [0.05, 0.1) is 16.2 Å². The van der Waals surface area contributed by atoms with Crippen molar-refractivity contribution < 1.29 is 13.2 Å². The Morgan fingerprint density at radius 1 is 1.12 bits per heavy atom. The molecule has 0 radical (unpaired) electrons. The summed E-state index contributed by atoms with van der Waals surface area (Å²) in [5.41, 5.74) is 6.36. The molecule has 3 aromatic heterocycles. The molecule has 34 heavy (non-hydrogen) atoms. The van der Waals surface area contributed by atoms with Gasteiger partial charge in [-0.05, 0) is 53.9 Å². The maximum Gasteiger partial charge on any atom is 0.333 e. The number of nitrogens with two attached hydrogens (primary N) is 1. The van der Waals surface area contributed by atoms with E-state index in [1.807, 2.05) is 10.8 Å². The second kappa shape index (κ2) is 9.81. The molecule has 0 aliphatic carbocycles. The molecule has 0 atom stereocenters. The summed E-state index contributed by atoms with van der Waals surface area (Å²) in [5, 5.41) is 6.85. The van der Waals surface area contributed by atoms with E-state index in [2.05, 4.69) is 15.6 Å². The SMILES string of the molecule is NCCNc1ccc2c(=O)n(-c3ccc(NC(=O)NS(=O)(=O)c4ccc(Cl)s4)cn3)ccc2c1. The third-order valence-electron chi connectivity index (χ3n) is 4.67. The van der Waals surface area contributed by atoms with Crippen LogP contribution in [0.1, 0.15) is 0 Å². The predicted octanol–water partition coefficient (Wildman–Crippen LogP) is 2.98. The van der Waals surface area contributed by atoms with Crippen molar-refractivity contribution in [2.75, 3.05) is 23.7 Å². The highest BCUT2D eigenvalue weighted by molar-refractivity contribution is 7.92. The summed E-state index contributed by atoms with van der Waals surface area (Å²) in [6.07, 6.45) is 2.93. The first-order valence-corrected chi connectivity index (χ1v) is 12.6. The lowest BCUT2D eigenvalue weighted by Gasteiger charge is -2.10. The summed E-state index contributed by atoms with van der Waals surface area (Å²) < 4.78 is 27.9.